The summed E-state index contributed by atoms with van der Waals surface area (Å²) in [5, 5.41) is 0. The van der Waals surface area contributed by atoms with Gasteiger partial charge in [0.25, 0.3) is 0 Å². The van der Waals surface area contributed by atoms with Crippen molar-refractivity contribution in [1.29, 1.82) is 0 Å². The van der Waals surface area contributed by atoms with Crippen molar-refractivity contribution >= 4 is 23.9 Å². The number of halogens is 4. The van der Waals surface area contributed by atoms with Crippen LogP contribution in [-0.2, 0) is 0 Å². The second-order valence-electron chi connectivity index (χ2n) is 1.51. The zero-order valence-electron chi connectivity index (χ0n) is 8.54. The van der Waals surface area contributed by atoms with E-state index in [1.54, 1.807) is 0 Å². The van der Waals surface area contributed by atoms with Crippen molar-refractivity contribution in [2.75, 3.05) is 0 Å². The minimum Gasteiger partial charge on any atom is -0.286 e. The third-order valence-electron chi connectivity index (χ3n) is 0. The molecule has 16 nitrogen and oxygen atoms in total. The third-order valence-corrected chi connectivity index (χ3v) is 0. The topological polar surface area (TPSA) is 369 Å². The molecule has 21 heavy (non-hydrogen) atoms. The molecule has 0 saturated carbocycles. The monoisotopic (exact) mass is 883 g/mol. The van der Waals surface area contributed by atoms with E-state index in [1.165, 1.54) is 0 Å². The Morgan fingerprint density at radius 2 is 0.238 bits per heavy atom. The van der Waals surface area contributed by atoms with Crippen LogP contribution in [0.4, 0.5) is 0 Å². The number of hydrogen-bond acceptors (Lipinski definition) is 16. The van der Waals surface area contributed by atoms with E-state index in [1.807, 2.05) is 0 Å². The van der Waals surface area contributed by atoms with Gasteiger partial charge in [0.2, 0.25) is 0 Å². The van der Waals surface area contributed by atoms with Gasteiger partial charge < -0.3 is 0 Å². The molecule has 0 radical (unpaired) electrons. The molecule has 0 fully saturated rings. The second-order valence-corrected chi connectivity index (χ2v) is 10.1. The first-order valence-corrected chi connectivity index (χ1v) is 16.6. The fraction of sp³-hybridized carbons (Fsp3) is 0. The molecule has 0 aromatic carbocycles. The Hall–Kier alpha value is 3.08. The minimum absolute atomic E-state index is 0. The van der Waals surface area contributed by atoms with E-state index >= 15 is 0 Å². The molecular weight excluding hydrogens is 882 g/mol. The first-order chi connectivity index (χ1) is 8.00. The van der Waals surface area contributed by atoms with Crippen LogP contribution in [0.1, 0.15) is 0 Å². The summed E-state index contributed by atoms with van der Waals surface area (Å²) < 4.78 is 138. The maximum atomic E-state index is 8.62. The number of rotatable bonds is 0. The zero-order chi connectivity index (χ0) is 18.0. The molecule has 0 heterocycles. The van der Waals surface area contributed by atoms with Crippen LogP contribution in [0, 0.1) is 0 Å². The van der Waals surface area contributed by atoms with Crippen LogP contribution in [0.2, 0.25) is 0 Å². The molecule has 0 atom stereocenters. The molecular formula is I4O16Sn. The quantitative estimate of drug-likeness (QED) is 0.161. The molecule has 21 heteroatoms. The molecule has 0 aliphatic heterocycles. The van der Waals surface area contributed by atoms with E-state index < -0.39 is 80.4 Å². The standard InChI is InChI=1S/4IO4.Sn/c4*2-1(3,4)5;/q4*-1;+4. The summed E-state index contributed by atoms with van der Waals surface area (Å²) in [6.07, 6.45) is 0. The van der Waals surface area contributed by atoms with Crippen molar-refractivity contribution < 1.29 is 135 Å². The Kier molecular flexibility index (Phi) is 25.7. The predicted octanol–water partition coefficient (Wildman–Crippen LogP) is -31.4. The van der Waals surface area contributed by atoms with E-state index in [0.717, 1.165) is 0 Å². The van der Waals surface area contributed by atoms with Gasteiger partial charge in [-0.25, -0.2) is 0 Å². The van der Waals surface area contributed by atoms with Gasteiger partial charge in [-0.3, -0.25) is 55.0 Å². The van der Waals surface area contributed by atoms with E-state index in [2.05, 4.69) is 0 Å². The van der Waals surface area contributed by atoms with E-state index in [-0.39, 0.29) is 23.9 Å². The van der Waals surface area contributed by atoms with Crippen LogP contribution >= 0.6 is 0 Å². The van der Waals surface area contributed by atoms with Gasteiger partial charge >= 0.3 is 23.9 Å². The van der Waals surface area contributed by atoms with E-state index in [9.17, 15) is 0 Å². The fourth-order valence-electron chi connectivity index (χ4n) is 0. The van der Waals surface area contributed by atoms with Crippen molar-refractivity contribution in [1.82, 2.24) is 0 Å². The predicted molar refractivity (Wildman–Crippen MR) is 5.75 cm³/mol. The summed E-state index contributed by atoms with van der Waals surface area (Å²) in [6.45, 7) is 0. The Labute approximate surface area is 157 Å². The molecule has 0 aromatic rings. The maximum Gasteiger partial charge on any atom is 4.00 e. The van der Waals surface area contributed by atoms with E-state index in [4.69, 9.17) is 55.0 Å². The Morgan fingerprint density at radius 3 is 0.238 bits per heavy atom. The average Bonchev–Trinajstić information content (AvgIpc) is 1.62. The second kappa shape index (κ2) is 15.3. The molecule has 0 rings (SSSR count). The third kappa shape index (κ3) is 1080. The van der Waals surface area contributed by atoms with Gasteiger partial charge in [-0.05, 0) is 0 Å². The Balaban J connectivity index is -0.0000000533. The summed E-state index contributed by atoms with van der Waals surface area (Å²) >= 11 is -23.8. The SMILES string of the molecule is [O-][I+3]([O-])([O-])[O-].[O-][I+3]([O-])([O-])[O-].[O-][I+3]([O-])([O-])[O-].[O-][I+3]([O-])([O-])[O-].[Sn+4]. The molecule has 0 spiro atoms. The minimum atomic E-state index is -5.94. The summed E-state index contributed by atoms with van der Waals surface area (Å²) in [5.74, 6) is 0. The molecule has 0 saturated heterocycles. The normalized spacial score (nSPS) is 11.4. The van der Waals surface area contributed by atoms with Crippen LogP contribution in [0.25, 0.3) is 0 Å². The van der Waals surface area contributed by atoms with Gasteiger partial charge in [-0.15, -0.1) is 0 Å². The van der Waals surface area contributed by atoms with Gasteiger partial charge in [-0.2, -0.15) is 0 Å². The molecule has 0 aliphatic rings. The van der Waals surface area contributed by atoms with Gasteiger partial charge in [-0.1, -0.05) is 0 Å². The molecule has 0 aliphatic carbocycles. The Bertz CT molecular complexity index is 130. The van der Waals surface area contributed by atoms with E-state index in [0.29, 0.717) is 0 Å². The number of hydrogen-bond donors (Lipinski definition) is 0. The van der Waals surface area contributed by atoms with Crippen molar-refractivity contribution in [2.24, 2.45) is 0 Å². The largest absolute Gasteiger partial charge is 4.00 e. The molecule has 0 amide bonds. The summed E-state index contributed by atoms with van der Waals surface area (Å²) in [6, 6.07) is 0. The Morgan fingerprint density at radius 1 is 0.238 bits per heavy atom. The summed E-state index contributed by atoms with van der Waals surface area (Å²) in [7, 11) is 0. The molecule has 0 N–H and O–H groups in total. The average molecular weight is 882 g/mol. The van der Waals surface area contributed by atoms with Crippen molar-refractivity contribution in [3.05, 3.63) is 0 Å². The van der Waals surface area contributed by atoms with Crippen LogP contribution in [-0.4, -0.2) is 23.9 Å². The molecule has 128 valence electrons. The van der Waals surface area contributed by atoms with Crippen molar-refractivity contribution in [3.63, 3.8) is 0 Å². The molecule has 0 unspecified atom stereocenters. The fourth-order valence-corrected chi connectivity index (χ4v) is 0. The first kappa shape index (κ1) is 35.2. The zero-order valence-corrected chi connectivity index (χ0v) is 20.0. The van der Waals surface area contributed by atoms with Crippen LogP contribution < -0.4 is 135 Å². The van der Waals surface area contributed by atoms with Crippen LogP contribution in [0.15, 0.2) is 0 Å². The van der Waals surface area contributed by atoms with Gasteiger partial charge in [0, 0.05) is 0 Å². The van der Waals surface area contributed by atoms with Crippen LogP contribution in [0.3, 0.4) is 0 Å². The smallest absolute Gasteiger partial charge is 0.286 e. The van der Waals surface area contributed by atoms with Crippen molar-refractivity contribution in [3.8, 4) is 0 Å². The first-order valence-electron chi connectivity index (χ1n) is 2.47. The summed E-state index contributed by atoms with van der Waals surface area (Å²) in [4.78, 5) is 0. The van der Waals surface area contributed by atoms with Crippen molar-refractivity contribution in [2.45, 2.75) is 0 Å². The van der Waals surface area contributed by atoms with Gasteiger partial charge in [0.05, 0.1) is 0 Å². The molecule has 0 aromatic heterocycles. The van der Waals surface area contributed by atoms with Crippen LogP contribution in [0.5, 0.6) is 0 Å². The summed E-state index contributed by atoms with van der Waals surface area (Å²) in [5.41, 5.74) is 0. The van der Waals surface area contributed by atoms with Gasteiger partial charge in [0.1, 0.15) is 80.4 Å². The maximum absolute atomic E-state index is 8.62. The molecule has 0 bridgehead atoms. The van der Waals surface area contributed by atoms with Gasteiger partial charge in [0.15, 0.2) is 0 Å².